The van der Waals surface area contributed by atoms with E-state index < -0.39 is 0 Å². The lowest BCUT2D eigenvalue weighted by Gasteiger charge is -2.26. The predicted octanol–water partition coefficient (Wildman–Crippen LogP) is 1.96. The first-order valence-corrected chi connectivity index (χ1v) is 6.14. The lowest BCUT2D eigenvalue weighted by atomic mass is 10.1. The summed E-state index contributed by atoms with van der Waals surface area (Å²) in [6.45, 7) is 6.47. The first-order valence-electron chi connectivity index (χ1n) is 6.14. The number of pyridine rings is 1. The molecule has 1 N–H and O–H groups in total. The van der Waals surface area contributed by atoms with Crippen LogP contribution in [0.3, 0.4) is 0 Å². The van der Waals surface area contributed by atoms with E-state index >= 15 is 0 Å². The molecule has 1 aromatic heterocycles. The highest BCUT2D eigenvalue weighted by atomic mass is 15.2. The Kier molecular flexibility index (Phi) is 3.44. The molecule has 1 atom stereocenters. The molecule has 16 heavy (non-hydrogen) atoms. The van der Waals surface area contributed by atoms with Gasteiger partial charge in [-0.1, -0.05) is 13.0 Å². The summed E-state index contributed by atoms with van der Waals surface area (Å²) in [5.41, 5.74) is 2.62. The maximum Gasteiger partial charge on any atom is 0.128 e. The Balaban J connectivity index is 2.22. The number of nitrogens with one attached hydrogen (secondary N) is 1. The van der Waals surface area contributed by atoms with Crippen LogP contribution in [-0.2, 0) is 13.0 Å². The molecule has 1 aromatic rings. The summed E-state index contributed by atoms with van der Waals surface area (Å²) in [6, 6.07) is 4.90. The molecular formula is C13H21N3. The standard InChI is InChI=1S/C13H21N3/c1-4-10(2)16(3)13-6-5-11-9-14-8-7-12(11)15-13/h5-6,10,14H,4,7-9H2,1-3H3/t10-/m1/s1. The van der Waals surface area contributed by atoms with Crippen molar-refractivity contribution in [3.05, 3.63) is 23.4 Å². The zero-order chi connectivity index (χ0) is 11.5. The molecule has 0 spiro atoms. The molecule has 1 aliphatic rings. The zero-order valence-corrected chi connectivity index (χ0v) is 10.5. The summed E-state index contributed by atoms with van der Waals surface area (Å²) >= 11 is 0. The van der Waals surface area contributed by atoms with Gasteiger partial charge in [-0.05, 0) is 25.0 Å². The third-order valence-corrected chi connectivity index (χ3v) is 3.52. The smallest absolute Gasteiger partial charge is 0.128 e. The summed E-state index contributed by atoms with van der Waals surface area (Å²) < 4.78 is 0. The average molecular weight is 219 g/mol. The third kappa shape index (κ3) is 2.19. The van der Waals surface area contributed by atoms with Crippen molar-refractivity contribution in [2.45, 2.75) is 39.3 Å². The fourth-order valence-electron chi connectivity index (χ4n) is 2.02. The monoisotopic (exact) mass is 219 g/mol. The van der Waals surface area contributed by atoms with Crippen molar-refractivity contribution in [3.8, 4) is 0 Å². The lowest BCUT2D eigenvalue weighted by molar-refractivity contribution is 0.621. The fraction of sp³-hybridized carbons (Fsp3) is 0.615. The van der Waals surface area contributed by atoms with E-state index in [0.29, 0.717) is 6.04 Å². The second-order valence-corrected chi connectivity index (χ2v) is 4.57. The molecular weight excluding hydrogens is 198 g/mol. The van der Waals surface area contributed by atoms with Crippen LogP contribution < -0.4 is 10.2 Å². The third-order valence-electron chi connectivity index (χ3n) is 3.52. The van der Waals surface area contributed by atoms with Crippen LogP contribution in [-0.4, -0.2) is 24.6 Å². The van der Waals surface area contributed by atoms with Gasteiger partial charge in [0.05, 0.1) is 0 Å². The van der Waals surface area contributed by atoms with E-state index in [1.165, 1.54) is 11.3 Å². The molecule has 2 rings (SSSR count). The van der Waals surface area contributed by atoms with Crippen LogP contribution in [0.2, 0.25) is 0 Å². The van der Waals surface area contributed by atoms with Gasteiger partial charge in [0.15, 0.2) is 0 Å². The van der Waals surface area contributed by atoms with Crippen LogP contribution in [0.5, 0.6) is 0 Å². The maximum atomic E-state index is 4.77. The first-order chi connectivity index (χ1) is 7.72. The summed E-state index contributed by atoms with van der Waals surface area (Å²) in [5.74, 6) is 1.11. The predicted molar refractivity (Wildman–Crippen MR) is 67.8 cm³/mol. The zero-order valence-electron chi connectivity index (χ0n) is 10.5. The number of fused-ring (bicyclic) bond motifs is 1. The Morgan fingerprint density at radius 2 is 2.31 bits per heavy atom. The SMILES string of the molecule is CC[C@@H](C)N(C)c1ccc2c(n1)CCNC2. The normalized spacial score (nSPS) is 16.7. The number of aromatic nitrogens is 1. The van der Waals surface area contributed by atoms with E-state index in [1.54, 1.807) is 0 Å². The van der Waals surface area contributed by atoms with Gasteiger partial charge in [0, 0.05) is 38.3 Å². The number of nitrogens with zero attached hydrogens (tertiary/aromatic N) is 2. The van der Waals surface area contributed by atoms with Crippen molar-refractivity contribution in [1.29, 1.82) is 0 Å². The van der Waals surface area contributed by atoms with Gasteiger partial charge in [0.2, 0.25) is 0 Å². The van der Waals surface area contributed by atoms with E-state index in [9.17, 15) is 0 Å². The maximum absolute atomic E-state index is 4.77. The van der Waals surface area contributed by atoms with Gasteiger partial charge < -0.3 is 10.2 Å². The van der Waals surface area contributed by atoms with Crippen LogP contribution in [0, 0.1) is 0 Å². The minimum Gasteiger partial charge on any atom is -0.357 e. The van der Waals surface area contributed by atoms with Gasteiger partial charge in [-0.3, -0.25) is 0 Å². The van der Waals surface area contributed by atoms with Crippen molar-refractivity contribution in [2.24, 2.45) is 0 Å². The van der Waals surface area contributed by atoms with Crippen molar-refractivity contribution >= 4 is 5.82 Å². The highest BCUT2D eigenvalue weighted by molar-refractivity contribution is 5.42. The Hall–Kier alpha value is -1.09. The van der Waals surface area contributed by atoms with Gasteiger partial charge in [-0.2, -0.15) is 0 Å². The van der Waals surface area contributed by atoms with Crippen LogP contribution in [0.4, 0.5) is 5.82 Å². The molecule has 0 bridgehead atoms. The average Bonchev–Trinajstić information content (AvgIpc) is 2.36. The summed E-state index contributed by atoms with van der Waals surface area (Å²) in [5, 5.41) is 3.37. The highest BCUT2D eigenvalue weighted by Crippen LogP contribution is 2.19. The number of anilines is 1. The summed E-state index contributed by atoms with van der Waals surface area (Å²) in [4.78, 5) is 7.03. The molecule has 1 aliphatic heterocycles. The lowest BCUT2D eigenvalue weighted by Crippen LogP contribution is -2.30. The highest BCUT2D eigenvalue weighted by Gasteiger charge is 2.14. The van der Waals surface area contributed by atoms with Gasteiger partial charge >= 0.3 is 0 Å². The second kappa shape index (κ2) is 4.83. The Bertz CT molecular complexity index is 362. The van der Waals surface area contributed by atoms with Crippen molar-refractivity contribution in [1.82, 2.24) is 10.3 Å². The summed E-state index contributed by atoms with van der Waals surface area (Å²) in [7, 11) is 2.13. The quantitative estimate of drug-likeness (QED) is 0.842. The van der Waals surface area contributed by atoms with Gasteiger partial charge in [-0.25, -0.2) is 4.98 Å². The molecule has 0 aliphatic carbocycles. The van der Waals surface area contributed by atoms with Gasteiger partial charge in [-0.15, -0.1) is 0 Å². The van der Waals surface area contributed by atoms with E-state index in [-0.39, 0.29) is 0 Å². The van der Waals surface area contributed by atoms with Crippen molar-refractivity contribution in [3.63, 3.8) is 0 Å². The molecule has 3 heteroatoms. The molecule has 0 saturated heterocycles. The molecule has 0 aromatic carbocycles. The largest absolute Gasteiger partial charge is 0.357 e. The minimum absolute atomic E-state index is 0.548. The molecule has 3 nitrogen and oxygen atoms in total. The van der Waals surface area contributed by atoms with E-state index in [0.717, 1.165) is 31.7 Å². The van der Waals surface area contributed by atoms with Crippen molar-refractivity contribution < 1.29 is 0 Å². The Morgan fingerprint density at radius 1 is 1.50 bits per heavy atom. The molecule has 2 heterocycles. The molecule has 0 saturated carbocycles. The Labute approximate surface area is 97.9 Å². The molecule has 0 fully saturated rings. The summed E-state index contributed by atoms with van der Waals surface area (Å²) in [6.07, 6.45) is 2.20. The molecule has 0 unspecified atom stereocenters. The van der Waals surface area contributed by atoms with E-state index in [1.807, 2.05) is 0 Å². The van der Waals surface area contributed by atoms with Crippen LogP contribution in [0.25, 0.3) is 0 Å². The number of hydrogen-bond donors (Lipinski definition) is 1. The van der Waals surface area contributed by atoms with Crippen LogP contribution in [0.15, 0.2) is 12.1 Å². The Morgan fingerprint density at radius 3 is 3.06 bits per heavy atom. The van der Waals surface area contributed by atoms with Gasteiger partial charge in [0.1, 0.15) is 5.82 Å². The first kappa shape index (κ1) is 11.4. The van der Waals surface area contributed by atoms with Crippen LogP contribution in [0.1, 0.15) is 31.5 Å². The van der Waals surface area contributed by atoms with Crippen molar-refractivity contribution in [2.75, 3.05) is 18.5 Å². The molecule has 0 radical (unpaired) electrons. The molecule has 88 valence electrons. The minimum atomic E-state index is 0.548. The number of rotatable bonds is 3. The second-order valence-electron chi connectivity index (χ2n) is 4.57. The number of hydrogen-bond acceptors (Lipinski definition) is 3. The van der Waals surface area contributed by atoms with Crippen LogP contribution >= 0.6 is 0 Å². The van der Waals surface area contributed by atoms with E-state index in [4.69, 9.17) is 4.98 Å². The molecule has 0 amide bonds. The van der Waals surface area contributed by atoms with E-state index in [2.05, 4.69) is 43.2 Å². The topological polar surface area (TPSA) is 28.2 Å². The fourth-order valence-corrected chi connectivity index (χ4v) is 2.02. The van der Waals surface area contributed by atoms with Gasteiger partial charge in [0.25, 0.3) is 0 Å².